The maximum atomic E-state index is 9.83. The third kappa shape index (κ3) is 6.07. The number of hydrogen-bond donors (Lipinski definition) is 3. The Morgan fingerprint density at radius 2 is 2.12 bits per heavy atom. The highest BCUT2D eigenvalue weighted by Crippen LogP contribution is 2.36. The van der Waals surface area contributed by atoms with Crippen molar-refractivity contribution in [2.75, 3.05) is 0 Å². The maximum absolute atomic E-state index is 9.83. The zero-order valence-electron chi connectivity index (χ0n) is 4.31. The van der Waals surface area contributed by atoms with Gasteiger partial charge in [0.25, 0.3) is 0 Å². The largest absolute Gasteiger partial charge is 0.471 e. The summed E-state index contributed by atoms with van der Waals surface area (Å²) in [6, 6.07) is 0. The van der Waals surface area contributed by atoms with Gasteiger partial charge in [-0.05, 0) is 6.92 Å². The zero-order chi connectivity index (χ0) is 6.78. The summed E-state index contributed by atoms with van der Waals surface area (Å²) >= 11 is 0. The Morgan fingerprint density at radius 3 is 2.12 bits per heavy atom. The van der Waals surface area contributed by atoms with Gasteiger partial charge in [-0.3, -0.25) is 4.52 Å². The van der Waals surface area contributed by atoms with Crippen molar-refractivity contribution in [3.8, 4) is 0 Å². The van der Waals surface area contributed by atoms with Crippen LogP contribution in [0.3, 0.4) is 0 Å². The van der Waals surface area contributed by atoms with Crippen LogP contribution >= 0.6 is 7.82 Å². The van der Waals surface area contributed by atoms with Crippen LogP contribution in [0.1, 0.15) is 6.92 Å². The van der Waals surface area contributed by atoms with Crippen LogP contribution in [0.15, 0.2) is 0 Å². The molecule has 0 saturated heterocycles. The lowest BCUT2D eigenvalue weighted by atomic mass is 10.7. The molecule has 0 aliphatic carbocycles. The van der Waals surface area contributed by atoms with E-state index in [1.54, 1.807) is 0 Å². The molecule has 0 aromatic heterocycles. The van der Waals surface area contributed by atoms with Gasteiger partial charge in [0.15, 0.2) is 0 Å². The van der Waals surface area contributed by atoms with E-state index >= 15 is 0 Å². The SMILES string of the molecule is CC(N)OP(=O)(O)O. The van der Waals surface area contributed by atoms with Crippen LogP contribution in [-0.2, 0) is 9.09 Å². The quantitative estimate of drug-likeness (QED) is 0.352. The molecule has 0 bridgehead atoms. The fourth-order valence-electron chi connectivity index (χ4n) is 0.217. The Morgan fingerprint density at radius 1 is 1.75 bits per heavy atom. The van der Waals surface area contributed by atoms with Gasteiger partial charge in [0.05, 0.1) is 0 Å². The van der Waals surface area contributed by atoms with E-state index in [9.17, 15) is 4.57 Å². The summed E-state index contributed by atoms with van der Waals surface area (Å²) < 4.78 is 13.7. The molecule has 0 heterocycles. The van der Waals surface area contributed by atoms with Gasteiger partial charge in [-0.15, -0.1) is 0 Å². The summed E-state index contributed by atoms with van der Waals surface area (Å²) in [5, 5.41) is 0. The third-order valence-electron chi connectivity index (χ3n) is 0.304. The summed E-state index contributed by atoms with van der Waals surface area (Å²) in [5.74, 6) is 0. The Balaban J connectivity index is 3.56. The van der Waals surface area contributed by atoms with E-state index in [0.29, 0.717) is 0 Å². The molecule has 0 aliphatic heterocycles. The van der Waals surface area contributed by atoms with Crippen LogP contribution in [0.4, 0.5) is 0 Å². The number of phosphoric ester groups is 1. The monoisotopic (exact) mass is 141 g/mol. The Hall–Kier alpha value is 0.0700. The number of nitrogens with two attached hydrogens (primary N) is 1. The minimum atomic E-state index is -4.35. The molecule has 0 aromatic rings. The van der Waals surface area contributed by atoms with E-state index in [-0.39, 0.29) is 0 Å². The summed E-state index contributed by atoms with van der Waals surface area (Å²) in [6.45, 7) is 1.33. The van der Waals surface area contributed by atoms with E-state index in [4.69, 9.17) is 15.5 Å². The normalized spacial score (nSPS) is 16.0. The highest BCUT2D eigenvalue weighted by Gasteiger charge is 2.15. The summed E-state index contributed by atoms with van der Waals surface area (Å²) in [6.07, 6.45) is -0.921. The van der Waals surface area contributed by atoms with Gasteiger partial charge < -0.3 is 15.5 Å². The van der Waals surface area contributed by atoms with Crippen LogP contribution in [-0.4, -0.2) is 16.0 Å². The molecule has 0 saturated carbocycles. The second-order valence-electron chi connectivity index (χ2n) is 1.30. The molecular weight excluding hydrogens is 133 g/mol. The molecule has 0 spiro atoms. The average molecular weight is 141 g/mol. The second-order valence-corrected chi connectivity index (χ2v) is 2.49. The van der Waals surface area contributed by atoms with E-state index in [1.807, 2.05) is 0 Å². The molecule has 8 heavy (non-hydrogen) atoms. The molecular formula is C2H8NO4P. The van der Waals surface area contributed by atoms with Crippen molar-refractivity contribution >= 4 is 7.82 Å². The Bertz CT molecular complexity index is 107. The predicted molar refractivity (Wildman–Crippen MR) is 26.8 cm³/mol. The molecule has 50 valence electrons. The highest BCUT2D eigenvalue weighted by molar-refractivity contribution is 7.46. The lowest BCUT2D eigenvalue weighted by Gasteiger charge is -2.06. The average Bonchev–Trinajstić information content (AvgIpc) is 1.21. The van der Waals surface area contributed by atoms with Crippen molar-refractivity contribution < 1.29 is 18.9 Å². The first-order valence-electron chi connectivity index (χ1n) is 1.91. The minimum Gasteiger partial charge on any atom is -0.306 e. The van der Waals surface area contributed by atoms with Crippen LogP contribution in [0.25, 0.3) is 0 Å². The lowest BCUT2D eigenvalue weighted by molar-refractivity contribution is 0.149. The Kier molecular flexibility index (Phi) is 2.59. The van der Waals surface area contributed by atoms with Gasteiger partial charge in [0.1, 0.15) is 6.23 Å². The van der Waals surface area contributed by atoms with Gasteiger partial charge >= 0.3 is 7.82 Å². The van der Waals surface area contributed by atoms with Crippen molar-refractivity contribution in [1.29, 1.82) is 0 Å². The topological polar surface area (TPSA) is 92.8 Å². The molecule has 1 atom stereocenters. The highest BCUT2D eigenvalue weighted by atomic mass is 31.2. The van der Waals surface area contributed by atoms with Gasteiger partial charge in [0.2, 0.25) is 0 Å². The van der Waals surface area contributed by atoms with E-state index in [2.05, 4.69) is 4.52 Å². The number of hydrogen-bond acceptors (Lipinski definition) is 3. The van der Waals surface area contributed by atoms with E-state index < -0.39 is 14.1 Å². The molecule has 1 unspecified atom stereocenters. The van der Waals surface area contributed by atoms with Crippen molar-refractivity contribution in [3.63, 3.8) is 0 Å². The third-order valence-corrected chi connectivity index (χ3v) is 0.911. The second kappa shape index (κ2) is 2.57. The first-order valence-corrected chi connectivity index (χ1v) is 3.44. The molecule has 0 aromatic carbocycles. The molecule has 0 aliphatic rings. The summed E-state index contributed by atoms with van der Waals surface area (Å²) in [4.78, 5) is 16.0. The Labute approximate surface area is 46.7 Å². The van der Waals surface area contributed by atoms with Crippen LogP contribution < -0.4 is 5.73 Å². The van der Waals surface area contributed by atoms with Crippen LogP contribution in [0.2, 0.25) is 0 Å². The molecule has 0 radical (unpaired) electrons. The molecule has 6 heteroatoms. The van der Waals surface area contributed by atoms with Gasteiger partial charge in [0, 0.05) is 0 Å². The predicted octanol–water partition coefficient (Wildman–Crippen LogP) is -0.600. The van der Waals surface area contributed by atoms with Crippen molar-refractivity contribution in [3.05, 3.63) is 0 Å². The van der Waals surface area contributed by atoms with Gasteiger partial charge in [-0.2, -0.15) is 0 Å². The van der Waals surface area contributed by atoms with E-state index in [0.717, 1.165) is 0 Å². The van der Waals surface area contributed by atoms with Gasteiger partial charge in [-0.25, -0.2) is 4.57 Å². The van der Waals surface area contributed by atoms with E-state index in [1.165, 1.54) is 6.92 Å². The molecule has 0 fully saturated rings. The first kappa shape index (κ1) is 8.07. The summed E-state index contributed by atoms with van der Waals surface area (Å²) in [7, 11) is -4.35. The standard InChI is InChI=1S/C2H8NO4P/c1-2(3)7-8(4,5)6/h2H,3H2,1H3,(H2,4,5,6). The molecule has 4 N–H and O–H groups in total. The zero-order valence-corrected chi connectivity index (χ0v) is 5.21. The summed E-state index contributed by atoms with van der Waals surface area (Å²) in [5.41, 5.74) is 4.86. The lowest BCUT2D eigenvalue weighted by Crippen LogP contribution is -2.17. The number of phosphoric acid groups is 1. The van der Waals surface area contributed by atoms with Crippen molar-refractivity contribution in [2.24, 2.45) is 5.73 Å². The van der Waals surface area contributed by atoms with Crippen molar-refractivity contribution in [2.45, 2.75) is 13.2 Å². The smallest absolute Gasteiger partial charge is 0.306 e. The minimum absolute atomic E-state index is 0.921. The number of rotatable bonds is 2. The first-order chi connectivity index (χ1) is 3.42. The fourth-order valence-corrected chi connectivity index (χ4v) is 0.650. The molecule has 0 rings (SSSR count). The van der Waals surface area contributed by atoms with Crippen LogP contribution in [0, 0.1) is 0 Å². The fraction of sp³-hybridized carbons (Fsp3) is 1.00. The van der Waals surface area contributed by atoms with Gasteiger partial charge in [-0.1, -0.05) is 0 Å². The van der Waals surface area contributed by atoms with Crippen molar-refractivity contribution in [1.82, 2.24) is 0 Å². The van der Waals surface area contributed by atoms with Crippen LogP contribution in [0.5, 0.6) is 0 Å². The maximum Gasteiger partial charge on any atom is 0.471 e. The molecule has 0 amide bonds. The molecule has 5 nitrogen and oxygen atoms in total.